The molecule has 4 aromatic rings. The lowest BCUT2D eigenvalue weighted by atomic mass is 10.3. The topological polar surface area (TPSA) is 63.7 Å². The molecule has 0 aliphatic heterocycles. The second-order valence-electron chi connectivity index (χ2n) is 5.30. The van der Waals surface area contributed by atoms with Gasteiger partial charge in [0.1, 0.15) is 5.65 Å². The van der Waals surface area contributed by atoms with E-state index in [2.05, 4.69) is 15.3 Å². The first-order valence-electron chi connectivity index (χ1n) is 7.38. The Bertz CT molecular complexity index is 906. The summed E-state index contributed by atoms with van der Waals surface area (Å²) in [6, 6.07) is 5.89. The number of rotatable bonds is 5. The van der Waals surface area contributed by atoms with Gasteiger partial charge in [-0.05, 0) is 12.1 Å². The summed E-state index contributed by atoms with van der Waals surface area (Å²) in [5.74, 6) is -0.0143. The molecule has 0 saturated heterocycles. The summed E-state index contributed by atoms with van der Waals surface area (Å²) >= 11 is 1.56. The Labute approximate surface area is 136 Å². The monoisotopic (exact) mass is 325 g/mol. The van der Waals surface area contributed by atoms with Crippen LogP contribution in [0.4, 0.5) is 0 Å². The summed E-state index contributed by atoms with van der Waals surface area (Å²) in [6.45, 7) is 0.574. The Kier molecular flexibility index (Phi) is 3.55. The molecule has 4 rings (SSSR count). The normalized spacial score (nSPS) is 11.3. The van der Waals surface area contributed by atoms with Crippen molar-refractivity contribution in [1.82, 2.24) is 24.1 Å². The number of pyridine rings is 1. The van der Waals surface area contributed by atoms with E-state index in [4.69, 9.17) is 0 Å². The number of thiazole rings is 1. The highest BCUT2D eigenvalue weighted by atomic mass is 32.1. The highest BCUT2D eigenvalue weighted by Crippen LogP contribution is 2.11. The largest absolute Gasteiger partial charge is 0.355 e. The highest BCUT2D eigenvalue weighted by Gasteiger charge is 2.08. The first kappa shape index (κ1) is 14.0. The highest BCUT2D eigenvalue weighted by molar-refractivity contribution is 7.15. The van der Waals surface area contributed by atoms with E-state index in [1.165, 1.54) is 0 Å². The SMILES string of the molecule is O=C(Cc1cn2ccsc2n1)NCCc1cn2ccccc2n1. The van der Waals surface area contributed by atoms with E-state index in [-0.39, 0.29) is 5.91 Å². The first-order chi connectivity index (χ1) is 11.3. The van der Waals surface area contributed by atoms with Crippen LogP contribution >= 0.6 is 11.3 Å². The number of carbonyl (C=O) groups is 1. The van der Waals surface area contributed by atoms with Crippen molar-refractivity contribution in [3.8, 4) is 0 Å². The molecule has 0 atom stereocenters. The zero-order valence-electron chi connectivity index (χ0n) is 12.3. The Morgan fingerprint density at radius 3 is 2.91 bits per heavy atom. The van der Waals surface area contributed by atoms with Crippen molar-refractivity contribution < 1.29 is 4.79 Å². The second kappa shape index (κ2) is 5.85. The zero-order valence-corrected chi connectivity index (χ0v) is 13.2. The number of hydrogen-bond acceptors (Lipinski definition) is 4. The van der Waals surface area contributed by atoms with Gasteiger partial charge in [-0.25, -0.2) is 9.97 Å². The van der Waals surface area contributed by atoms with Crippen LogP contribution in [-0.2, 0) is 17.6 Å². The minimum absolute atomic E-state index is 0.0143. The van der Waals surface area contributed by atoms with Crippen molar-refractivity contribution in [1.29, 1.82) is 0 Å². The average molecular weight is 325 g/mol. The summed E-state index contributed by atoms with van der Waals surface area (Å²) < 4.78 is 3.92. The maximum absolute atomic E-state index is 12.0. The van der Waals surface area contributed by atoms with Gasteiger partial charge in [0.15, 0.2) is 4.96 Å². The lowest BCUT2D eigenvalue weighted by Gasteiger charge is -2.02. The molecule has 4 aromatic heterocycles. The number of imidazole rings is 2. The molecule has 0 spiro atoms. The van der Waals surface area contributed by atoms with Crippen molar-refractivity contribution in [3.05, 3.63) is 59.8 Å². The number of amides is 1. The molecule has 7 heteroatoms. The van der Waals surface area contributed by atoms with Crippen molar-refractivity contribution in [2.75, 3.05) is 6.54 Å². The van der Waals surface area contributed by atoms with Crippen LogP contribution < -0.4 is 5.32 Å². The standard InChI is InChI=1S/C16H15N5OS/c22-15(9-13-11-21-7-8-23-16(21)19-13)17-5-4-12-10-20-6-2-1-3-14(20)18-12/h1-3,6-8,10-11H,4-5,9H2,(H,17,22). The van der Waals surface area contributed by atoms with Gasteiger partial charge in [-0.15, -0.1) is 11.3 Å². The van der Waals surface area contributed by atoms with Gasteiger partial charge in [0.2, 0.25) is 5.91 Å². The molecule has 0 bridgehead atoms. The van der Waals surface area contributed by atoms with Crippen molar-refractivity contribution in [3.63, 3.8) is 0 Å². The van der Waals surface area contributed by atoms with Crippen LogP contribution in [0.15, 0.2) is 48.4 Å². The molecule has 4 heterocycles. The Balaban J connectivity index is 1.31. The van der Waals surface area contributed by atoms with Crippen molar-refractivity contribution in [2.24, 2.45) is 0 Å². The van der Waals surface area contributed by atoms with Crippen LogP contribution in [0.25, 0.3) is 10.6 Å². The maximum atomic E-state index is 12.0. The van der Waals surface area contributed by atoms with Gasteiger partial charge in [-0.1, -0.05) is 6.07 Å². The Hall–Kier alpha value is -2.67. The molecule has 6 nitrogen and oxygen atoms in total. The van der Waals surface area contributed by atoms with Crippen molar-refractivity contribution in [2.45, 2.75) is 12.8 Å². The van der Waals surface area contributed by atoms with Gasteiger partial charge < -0.3 is 9.72 Å². The molecule has 0 fully saturated rings. The predicted octanol–water partition coefficient (Wildman–Crippen LogP) is 1.94. The third-order valence-electron chi connectivity index (χ3n) is 3.60. The molecule has 0 aliphatic carbocycles. The summed E-state index contributed by atoms with van der Waals surface area (Å²) in [5.41, 5.74) is 2.69. The first-order valence-corrected chi connectivity index (χ1v) is 8.26. The number of carbonyl (C=O) groups excluding carboxylic acids is 1. The molecule has 0 unspecified atom stereocenters. The van der Waals surface area contributed by atoms with E-state index in [1.807, 2.05) is 57.2 Å². The number of fused-ring (bicyclic) bond motifs is 2. The van der Waals surface area contributed by atoms with E-state index in [0.717, 1.165) is 22.0 Å². The molecule has 0 aromatic carbocycles. The van der Waals surface area contributed by atoms with Gasteiger partial charge >= 0.3 is 0 Å². The Morgan fingerprint density at radius 1 is 1.13 bits per heavy atom. The second-order valence-corrected chi connectivity index (χ2v) is 6.17. The number of hydrogen-bond donors (Lipinski definition) is 1. The number of nitrogens with zero attached hydrogens (tertiary/aromatic N) is 4. The van der Waals surface area contributed by atoms with Crippen LogP contribution in [-0.4, -0.2) is 31.2 Å². The molecule has 0 saturated carbocycles. The van der Waals surface area contributed by atoms with Crippen LogP contribution in [0.2, 0.25) is 0 Å². The molecule has 23 heavy (non-hydrogen) atoms. The van der Waals surface area contributed by atoms with Gasteiger partial charge in [0.25, 0.3) is 0 Å². The van der Waals surface area contributed by atoms with Crippen LogP contribution in [0.1, 0.15) is 11.4 Å². The van der Waals surface area contributed by atoms with Crippen LogP contribution in [0.5, 0.6) is 0 Å². The fourth-order valence-corrected chi connectivity index (χ4v) is 3.24. The number of nitrogens with one attached hydrogen (secondary N) is 1. The molecule has 1 N–H and O–H groups in total. The van der Waals surface area contributed by atoms with Gasteiger partial charge in [0.05, 0.1) is 17.8 Å². The predicted molar refractivity (Wildman–Crippen MR) is 88.7 cm³/mol. The van der Waals surface area contributed by atoms with E-state index in [1.54, 1.807) is 11.3 Å². The summed E-state index contributed by atoms with van der Waals surface area (Å²) in [6.07, 6.45) is 8.82. The van der Waals surface area contributed by atoms with E-state index >= 15 is 0 Å². The minimum Gasteiger partial charge on any atom is -0.355 e. The lowest BCUT2D eigenvalue weighted by Crippen LogP contribution is -2.27. The summed E-state index contributed by atoms with van der Waals surface area (Å²) in [7, 11) is 0. The number of aromatic nitrogens is 4. The molecule has 116 valence electrons. The third-order valence-corrected chi connectivity index (χ3v) is 4.37. The Morgan fingerprint density at radius 2 is 2.04 bits per heavy atom. The van der Waals surface area contributed by atoms with Gasteiger partial charge in [-0.3, -0.25) is 9.20 Å². The average Bonchev–Trinajstić information content (AvgIpc) is 3.20. The van der Waals surface area contributed by atoms with Gasteiger partial charge in [0, 0.05) is 43.1 Å². The van der Waals surface area contributed by atoms with E-state index in [0.29, 0.717) is 19.4 Å². The van der Waals surface area contributed by atoms with Crippen molar-refractivity contribution >= 4 is 27.9 Å². The fourth-order valence-electron chi connectivity index (χ4n) is 2.53. The smallest absolute Gasteiger partial charge is 0.226 e. The quantitative estimate of drug-likeness (QED) is 0.610. The summed E-state index contributed by atoms with van der Waals surface area (Å²) in [4.78, 5) is 21.8. The molecular weight excluding hydrogens is 310 g/mol. The zero-order chi connectivity index (χ0) is 15.6. The minimum atomic E-state index is -0.0143. The maximum Gasteiger partial charge on any atom is 0.226 e. The van der Waals surface area contributed by atoms with Gasteiger partial charge in [-0.2, -0.15) is 0 Å². The molecule has 0 radical (unpaired) electrons. The lowest BCUT2D eigenvalue weighted by molar-refractivity contribution is -0.120. The summed E-state index contributed by atoms with van der Waals surface area (Å²) in [5, 5.41) is 4.90. The van der Waals surface area contributed by atoms with E-state index < -0.39 is 0 Å². The third kappa shape index (κ3) is 2.95. The molecule has 1 amide bonds. The van der Waals surface area contributed by atoms with E-state index in [9.17, 15) is 4.79 Å². The molecular formula is C16H15N5OS. The van der Waals surface area contributed by atoms with Crippen LogP contribution in [0.3, 0.4) is 0 Å². The van der Waals surface area contributed by atoms with Crippen LogP contribution in [0, 0.1) is 0 Å². The fraction of sp³-hybridized carbons (Fsp3) is 0.188. The molecule has 0 aliphatic rings.